The van der Waals surface area contributed by atoms with E-state index in [-0.39, 0.29) is 24.0 Å². The number of nitrogens with one attached hydrogen (secondary N) is 1. The van der Waals surface area contributed by atoms with Crippen molar-refractivity contribution in [2.45, 2.75) is 69.4 Å². The number of aromatic nitrogens is 1. The number of alkyl halides is 3. The minimum absolute atomic E-state index is 0.0257. The number of carbonyl (C=O) groups is 2. The van der Waals surface area contributed by atoms with Gasteiger partial charge in [-0.1, -0.05) is 25.1 Å². The number of rotatable bonds is 6. The smallest absolute Gasteiger partial charge is 0.425 e. The van der Waals surface area contributed by atoms with E-state index >= 15 is 0 Å². The van der Waals surface area contributed by atoms with Crippen molar-refractivity contribution < 1.29 is 31.9 Å². The first kappa shape index (κ1) is 26.9. The molecule has 0 saturated heterocycles. The highest BCUT2D eigenvalue weighted by Gasteiger charge is 2.54. The van der Waals surface area contributed by atoms with Gasteiger partial charge in [-0.15, -0.1) is 0 Å². The Bertz CT molecular complexity index is 1320. The number of carbonyl (C=O) groups excluding carboxylic acids is 2. The van der Waals surface area contributed by atoms with Gasteiger partial charge in [0.25, 0.3) is 0 Å². The standard InChI is InChI=1S/C27H29F4N5O3/c1-3-26(2)11-22(37)36(25(32)35-26)23(14-8-15(28)13-33-12-14)17-9-18(17)24(38)34-19-10-21(27(29,30)31)39-20-7-5-4-6-16(19)20/h4-8,12-13,17-19,21,23H,3,9-11H2,1-2H3,(H2,32,35)(H,34,38)/t17-,18-,19-,21+,23+,26+/m0/s1. The normalized spacial score (nSPS) is 29.1. The second-order valence-corrected chi connectivity index (χ2v) is 10.6. The average Bonchev–Trinajstić information content (AvgIpc) is 3.66. The van der Waals surface area contributed by atoms with E-state index in [4.69, 9.17) is 10.5 Å². The molecule has 0 bridgehead atoms. The van der Waals surface area contributed by atoms with Gasteiger partial charge in [-0.05, 0) is 43.4 Å². The molecule has 8 nitrogen and oxygen atoms in total. The van der Waals surface area contributed by atoms with E-state index in [0.717, 1.165) is 6.20 Å². The molecule has 1 aromatic carbocycles. The molecule has 0 unspecified atom stereocenters. The number of para-hydroxylation sites is 1. The van der Waals surface area contributed by atoms with E-state index in [9.17, 15) is 27.2 Å². The van der Waals surface area contributed by atoms with E-state index in [2.05, 4.69) is 15.3 Å². The summed E-state index contributed by atoms with van der Waals surface area (Å²) in [6, 6.07) is 5.79. The van der Waals surface area contributed by atoms with Gasteiger partial charge in [-0.25, -0.2) is 9.38 Å². The molecule has 0 radical (unpaired) electrons. The minimum Gasteiger partial charge on any atom is -0.480 e. The number of benzene rings is 1. The summed E-state index contributed by atoms with van der Waals surface area (Å²) >= 11 is 0. The van der Waals surface area contributed by atoms with Crippen LogP contribution in [0.2, 0.25) is 0 Å². The maximum Gasteiger partial charge on any atom is 0.425 e. The molecule has 12 heteroatoms. The van der Waals surface area contributed by atoms with Crippen LogP contribution in [-0.2, 0) is 9.59 Å². The van der Waals surface area contributed by atoms with E-state index in [1.54, 1.807) is 18.2 Å². The molecule has 1 saturated carbocycles. The largest absolute Gasteiger partial charge is 0.480 e. The molecular weight excluding hydrogens is 518 g/mol. The number of halogens is 4. The van der Waals surface area contributed by atoms with Crippen molar-refractivity contribution in [3.05, 3.63) is 59.7 Å². The van der Waals surface area contributed by atoms with Gasteiger partial charge in [-0.2, -0.15) is 13.2 Å². The first-order valence-corrected chi connectivity index (χ1v) is 12.8. The number of hydrogen-bond donors (Lipinski definition) is 2. The molecule has 1 fully saturated rings. The van der Waals surface area contributed by atoms with Gasteiger partial charge in [0.1, 0.15) is 11.6 Å². The molecule has 1 aromatic heterocycles. The molecule has 5 rings (SSSR count). The molecule has 3 aliphatic rings. The lowest BCUT2D eigenvalue weighted by Gasteiger charge is -2.39. The summed E-state index contributed by atoms with van der Waals surface area (Å²) in [5, 5.41) is 2.76. The second kappa shape index (κ2) is 9.80. The molecule has 39 heavy (non-hydrogen) atoms. The maximum absolute atomic E-state index is 14.2. The zero-order valence-electron chi connectivity index (χ0n) is 21.4. The molecule has 3 heterocycles. The highest BCUT2D eigenvalue weighted by molar-refractivity contribution is 5.99. The van der Waals surface area contributed by atoms with Crippen LogP contribution in [0.5, 0.6) is 5.75 Å². The molecule has 208 valence electrons. The number of nitrogens with zero attached hydrogens (tertiary/aromatic N) is 3. The molecule has 1 aliphatic carbocycles. The summed E-state index contributed by atoms with van der Waals surface area (Å²) in [5.41, 5.74) is 6.40. The summed E-state index contributed by atoms with van der Waals surface area (Å²) in [4.78, 5) is 36.4. The van der Waals surface area contributed by atoms with Crippen molar-refractivity contribution in [1.29, 1.82) is 0 Å². The highest BCUT2D eigenvalue weighted by Crippen LogP contribution is 2.52. The first-order chi connectivity index (χ1) is 18.4. The van der Waals surface area contributed by atoms with Crippen LogP contribution in [0, 0.1) is 17.7 Å². The molecule has 6 atom stereocenters. The van der Waals surface area contributed by atoms with Gasteiger partial charge in [-0.3, -0.25) is 19.5 Å². The van der Waals surface area contributed by atoms with Crippen LogP contribution in [-0.4, -0.2) is 45.5 Å². The summed E-state index contributed by atoms with van der Waals surface area (Å²) in [6.45, 7) is 3.72. The highest BCUT2D eigenvalue weighted by atomic mass is 19.4. The van der Waals surface area contributed by atoms with Crippen LogP contribution in [0.15, 0.2) is 47.7 Å². The lowest BCUT2D eigenvalue weighted by molar-refractivity contribution is -0.201. The summed E-state index contributed by atoms with van der Waals surface area (Å²) in [6.07, 6.45) is -3.70. The zero-order chi connectivity index (χ0) is 28.1. The van der Waals surface area contributed by atoms with Gasteiger partial charge in [0.15, 0.2) is 12.1 Å². The van der Waals surface area contributed by atoms with E-state index in [0.29, 0.717) is 24.0 Å². The van der Waals surface area contributed by atoms with Crippen LogP contribution in [0.25, 0.3) is 0 Å². The number of guanidine groups is 1. The molecule has 0 spiro atoms. The number of aliphatic imine (C=N–C) groups is 1. The Morgan fingerprint density at radius 3 is 2.69 bits per heavy atom. The number of ether oxygens (including phenoxy) is 1. The van der Waals surface area contributed by atoms with Crippen LogP contribution in [0.1, 0.15) is 62.7 Å². The third kappa shape index (κ3) is 5.28. The van der Waals surface area contributed by atoms with Gasteiger partial charge in [0.05, 0.1) is 30.2 Å². The van der Waals surface area contributed by atoms with E-state index in [1.165, 1.54) is 23.2 Å². The van der Waals surface area contributed by atoms with Crippen molar-refractivity contribution in [3.63, 3.8) is 0 Å². The Morgan fingerprint density at radius 2 is 2.03 bits per heavy atom. The SMILES string of the molecule is CC[C@]1(C)CC(=O)N([C@H](c2cncc(F)c2)[C@H]2C[C@@H]2C(=O)N[C@H]2C[C@H](C(F)(F)F)Oc3ccccc32)C(N)=N1. The first-order valence-electron chi connectivity index (χ1n) is 12.8. The van der Waals surface area contributed by atoms with Crippen LogP contribution in [0.4, 0.5) is 17.6 Å². The lowest BCUT2D eigenvalue weighted by atomic mass is 9.91. The monoisotopic (exact) mass is 547 g/mol. The third-order valence-electron chi connectivity index (χ3n) is 7.82. The van der Waals surface area contributed by atoms with Crippen LogP contribution < -0.4 is 15.8 Å². The van der Waals surface area contributed by atoms with Crippen molar-refractivity contribution >= 4 is 17.8 Å². The van der Waals surface area contributed by atoms with Gasteiger partial charge in [0, 0.05) is 24.1 Å². The van der Waals surface area contributed by atoms with Crippen LogP contribution >= 0.6 is 0 Å². The molecule has 2 aromatic rings. The Kier molecular flexibility index (Phi) is 6.76. The fourth-order valence-electron chi connectivity index (χ4n) is 5.49. The fraction of sp³-hybridized carbons (Fsp3) is 0.481. The van der Waals surface area contributed by atoms with Crippen molar-refractivity contribution in [2.75, 3.05) is 0 Å². The quantitative estimate of drug-likeness (QED) is 0.528. The Morgan fingerprint density at radius 1 is 1.28 bits per heavy atom. The minimum atomic E-state index is -4.60. The maximum atomic E-state index is 14.2. The number of nitrogens with two attached hydrogens (primary N) is 1. The lowest BCUT2D eigenvalue weighted by Crippen LogP contribution is -2.52. The molecule has 3 N–H and O–H groups in total. The van der Waals surface area contributed by atoms with Gasteiger partial charge >= 0.3 is 6.18 Å². The summed E-state index contributed by atoms with van der Waals surface area (Å²) < 4.78 is 59.9. The number of fused-ring (bicyclic) bond motifs is 1. The van der Waals surface area contributed by atoms with Crippen molar-refractivity contribution in [2.24, 2.45) is 22.6 Å². The average molecular weight is 548 g/mol. The van der Waals surface area contributed by atoms with Crippen LogP contribution in [0.3, 0.4) is 0 Å². The molecule has 2 aliphatic heterocycles. The van der Waals surface area contributed by atoms with Crippen molar-refractivity contribution in [1.82, 2.24) is 15.2 Å². The van der Waals surface area contributed by atoms with Crippen molar-refractivity contribution in [3.8, 4) is 5.75 Å². The Labute approximate surface area is 222 Å². The number of amides is 2. The van der Waals surface area contributed by atoms with Gasteiger partial charge < -0.3 is 15.8 Å². The third-order valence-corrected chi connectivity index (χ3v) is 7.82. The summed E-state index contributed by atoms with van der Waals surface area (Å²) in [5.74, 6) is -2.46. The predicted molar refractivity (Wildman–Crippen MR) is 133 cm³/mol. The van der Waals surface area contributed by atoms with E-state index in [1.807, 2.05) is 13.8 Å². The van der Waals surface area contributed by atoms with Gasteiger partial charge in [0.2, 0.25) is 11.8 Å². The summed E-state index contributed by atoms with van der Waals surface area (Å²) in [7, 11) is 0. The zero-order valence-corrected chi connectivity index (χ0v) is 21.4. The predicted octanol–water partition coefficient (Wildman–Crippen LogP) is 4.18. The molecular formula is C27H29F4N5O3. The van der Waals surface area contributed by atoms with E-state index < -0.39 is 59.9 Å². The molecule has 2 amide bonds. The second-order valence-electron chi connectivity index (χ2n) is 10.6. The number of hydrogen-bond acceptors (Lipinski definition) is 6. The Balaban J connectivity index is 1.41. The number of pyridine rings is 1. The Hall–Kier alpha value is -3.70. The fourth-order valence-corrected chi connectivity index (χ4v) is 5.49. The topological polar surface area (TPSA) is 110 Å².